The van der Waals surface area contributed by atoms with Crippen molar-refractivity contribution >= 4 is 29.0 Å². The lowest BCUT2D eigenvalue weighted by Crippen LogP contribution is -2.13. The van der Waals surface area contributed by atoms with Crippen LogP contribution in [0.5, 0.6) is 0 Å². The number of benzene rings is 2. The van der Waals surface area contributed by atoms with E-state index in [2.05, 4.69) is 5.32 Å². The molecule has 98 valence electrons. The summed E-state index contributed by atoms with van der Waals surface area (Å²) in [6.45, 7) is 1.93. The monoisotopic (exact) mass is 272 g/mol. The molecule has 1 amide bonds. The molecule has 3 N–H and O–H groups in total. The van der Waals surface area contributed by atoms with Crippen molar-refractivity contribution in [3.8, 4) is 0 Å². The van der Waals surface area contributed by atoms with Gasteiger partial charge in [-0.05, 0) is 43.0 Å². The highest BCUT2D eigenvalue weighted by Gasteiger charge is 2.10. The number of nitrogens with two attached hydrogens (primary N) is 1. The van der Waals surface area contributed by atoms with Crippen LogP contribution >= 0.6 is 11.8 Å². The first kappa shape index (κ1) is 13.5. The molecular weight excluding hydrogens is 256 g/mol. The number of anilines is 2. The molecule has 2 rings (SSSR count). The van der Waals surface area contributed by atoms with E-state index in [-0.39, 0.29) is 5.91 Å². The molecule has 0 aliphatic carbocycles. The second kappa shape index (κ2) is 5.80. The average molecular weight is 272 g/mol. The van der Waals surface area contributed by atoms with E-state index in [9.17, 15) is 4.79 Å². The van der Waals surface area contributed by atoms with Gasteiger partial charge in [0.25, 0.3) is 5.91 Å². The zero-order valence-corrected chi connectivity index (χ0v) is 11.8. The Morgan fingerprint density at radius 2 is 1.95 bits per heavy atom. The van der Waals surface area contributed by atoms with E-state index >= 15 is 0 Å². The Balaban J connectivity index is 2.23. The molecule has 0 saturated carbocycles. The molecule has 0 aromatic heterocycles. The summed E-state index contributed by atoms with van der Waals surface area (Å²) < 4.78 is 0. The molecular formula is C15H16N2OS. The van der Waals surface area contributed by atoms with E-state index < -0.39 is 0 Å². The van der Waals surface area contributed by atoms with Crippen molar-refractivity contribution in [2.24, 2.45) is 0 Å². The van der Waals surface area contributed by atoms with Gasteiger partial charge in [-0.1, -0.05) is 18.2 Å². The lowest BCUT2D eigenvalue weighted by atomic mass is 10.1. The molecule has 0 spiro atoms. The fourth-order valence-electron chi connectivity index (χ4n) is 1.75. The van der Waals surface area contributed by atoms with Crippen molar-refractivity contribution in [2.45, 2.75) is 11.8 Å². The first-order chi connectivity index (χ1) is 9.11. The van der Waals surface area contributed by atoms with Gasteiger partial charge in [0.15, 0.2) is 0 Å². The molecule has 2 aromatic rings. The van der Waals surface area contributed by atoms with Crippen LogP contribution in [-0.2, 0) is 0 Å². The molecule has 0 unspecified atom stereocenters. The van der Waals surface area contributed by atoms with Gasteiger partial charge in [0.05, 0.1) is 5.56 Å². The summed E-state index contributed by atoms with van der Waals surface area (Å²) in [5.41, 5.74) is 8.90. The smallest absolute Gasteiger partial charge is 0.256 e. The highest BCUT2D eigenvalue weighted by molar-refractivity contribution is 7.98. The quantitative estimate of drug-likeness (QED) is 0.663. The molecule has 2 aromatic carbocycles. The van der Waals surface area contributed by atoms with E-state index in [0.717, 1.165) is 10.5 Å². The second-order valence-corrected chi connectivity index (χ2v) is 5.07. The first-order valence-corrected chi connectivity index (χ1v) is 7.15. The normalized spacial score (nSPS) is 10.2. The Bertz CT molecular complexity index is 611. The van der Waals surface area contributed by atoms with Gasteiger partial charge < -0.3 is 11.1 Å². The number of carbonyl (C=O) groups excluding carboxylic acids is 1. The predicted octanol–water partition coefficient (Wildman–Crippen LogP) is 3.55. The van der Waals surface area contributed by atoms with Crippen LogP contribution in [0, 0.1) is 6.92 Å². The largest absolute Gasteiger partial charge is 0.398 e. The van der Waals surface area contributed by atoms with Crippen molar-refractivity contribution in [2.75, 3.05) is 17.3 Å². The lowest BCUT2D eigenvalue weighted by molar-refractivity contribution is 0.102. The summed E-state index contributed by atoms with van der Waals surface area (Å²) in [5, 5.41) is 2.87. The van der Waals surface area contributed by atoms with Gasteiger partial charge in [-0.15, -0.1) is 11.8 Å². The van der Waals surface area contributed by atoms with E-state index in [1.165, 1.54) is 0 Å². The summed E-state index contributed by atoms with van der Waals surface area (Å²) in [7, 11) is 0. The Morgan fingerprint density at radius 3 is 2.63 bits per heavy atom. The van der Waals surface area contributed by atoms with Crippen molar-refractivity contribution in [3.63, 3.8) is 0 Å². The summed E-state index contributed by atoms with van der Waals surface area (Å²) in [6, 6.07) is 13.1. The highest BCUT2D eigenvalue weighted by atomic mass is 32.2. The van der Waals surface area contributed by atoms with Crippen LogP contribution in [0.1, 0.15) is 15.9 Å². The van der Waals surface area contributed by atoms with Gasteiger partial charge in [0.2, 0.25) is 0 Å². The third kappa shape index (κ3) is 3.09. The summed E-state index contributed by atoms with van der Waals surface area (Å²) in [6.07, 6.45) is 1.95. The number of hydrogen-bond acceptors (Lipinski definition) is 3. The molecule has 0 atom stereocenters. The molecule has 3 nitrogen and oxygen atoms in total. The van der Waals surface area contributed by atoms with Gasteiger partial charge in [0, 0.05) is 16.3 Å². The molecule has 0 heterocycles. The maximum Gasteiger partial charge on any atom is 0.256 e. The molecule has 0 aliphatic heterocycles. The molecule has 19 heavy (non-hydrogen) atoms. The van der Waals surface area contributed by atoms with E-state index in [0.29, 0.717) is 16.9 Å². The number of nitrogens with one attached hydrogen (secondary N) is 1. The van der Waals surface area contributed by atoms with Crippen molar-refractivity contribution in [3.05, 3.63) is 53.6 Å². The molecule has 0 radical (unpaired) electrons. The lowest BCUT2D eigenvalue weighted by Gasteiger charge is -2.09. The van der Waals surface area contributed by atoms with Gasteiger partial charge in [-0.25, -0.2) is 0 Å². The average Bonchev–Trinajstić information content (AvgIpc) is 2.43. The molecule has 0 fully saturated rings. The molecule has 4 heteroatoms. The Morgan fingerprint density at radius 1 is 1.21 bits per heavy atom. The summed E-state index contributed by atoms with van der Waals surface area (Å²) in [4.78, 5) is 13.2. The first-order valence-electron chi connectivity index (χ1n) is 5.92. The molecule has 0 saturated heterocycles. The minimum absolute atomic E-state index is 0.117. The number of amides is 1. The minimum atomic E-state index is -0.117. The third-order valence-electron chi connectivity index (χ3n) is 2.89. The Kier molecular flexibility index (Phi) is 4.12. The number of rotatable bonds is 3. The standard InChI is InChI=1S/C15H16N2OS/c1-10-7-8-11(9-13(10)16)17-15(18)12-5-3-4-6-14(12)19-2/h3-9H,16H2,1-2H3,(H,17,18). The van der Waals surface area contributed by atoms with Gasteiger partial charge in [-0.2, -0.15) is 0 Å². The SMILES string of the molecule is CSc1ccccc1C(=O)Nc1ccc(C)c(N)c1. The van der Waals surface area contributed by atoms with Gasteiger partial charge in [0.1, 0.15) is 0 Å². The fraction of sp³-hybridized carbons (Fsp3) is 0.133. The van der Waals surface area contributed by atoms with E-state index in [1.807, 2.05) is 49.6 Å². The van der Waals surface area contributed by atoms with Crippen LogP contribution in [0.15, 0.2) is 47.4 Å². The van der Waals surface area contributed by atoms with Crippen LogP contribution in [-0.4, -0.2) is 12.2 Å². The number of nitrogen functional groups attached to an aromatic ring is 1. The van der Waals surface area contributed by atoms with Crippen LogP contribution in [0.2, 0.25) is 0 Å². The van der Waals surface area contributed by atoms with Crippen molar-refractivity contribution in [1.29, 1.82) is 0 Å². The number of hydrogen-bond donors (Lipinski definition) is 2. The van der Waals surface area contributed by atoms with Crippen LogP contribution in [0.4, 0.5) is 11.4 Å². The number of thioether (sulfide) groups is 1. The zero-order chi connectivity index (χ0) is 13.8. The molecule has 0 aliphatic rings. The van der Waals surface area contributed by atoms with Crippen LogP contribution in [0.25, 0.3) is 0 Å². The summed E-state index contributed by atoms with van der Waals surface area (Å²) >= 11 is 1.55. The summed E-state index contributed by atoms with van der Waals surface area (Å²) in [5.74, 6) is -0.117. The third-order valence-corrected chi connectivity index (χ3v) is 3.68. The Labute approximate surface area is 117 Å². The predicted molar refractivity (Wildman–Crippen MR) is 81.8 cm³/mol. The highest BCUT2D eigenvalue weighted by Crippen LogP contribution is 2.22. The van der Waals surface area contributed by atoms with E-state index in [1.54, 1.807) is 17.8 Å². The maximum absolute atomic E-state index is 12.2. The fourth-order valence-corrected chi connectivity index (χ4v) is 2.34. The van der Waals surface area contributed by atoms with Crippen LogP contribution < -0.4 is 11.1 Å². The zero-order valence-electron chi connectivity index (χ0n) is 10.9. The van der Waals surface area contributed by atoms with Crippen molar-refractivity contribution in [1.82, 2.24) is 0 Å². The second-order valence-electron chi connectivity index (χ2n) is 4.23. The molecule has 0 bridgehead atoms. The number of carbonyl (C=O) groups is 1. The van der Waals surface area contributed by atoms with Gasteiger partial charge >= 0.3 is 0 Å². The Hall–Kier alpha value is -1.94. The topological polar surface area (TPSA) is 55.1 Å². The number of aryl methyl sites for hydroxylation is 1. The van der Waals surface area contributed by atoms with E-state index in [4.69, 9.17) is 5.73 Å². The van der Waals surface area contributed by atoms with Crippen LogP contribution in [0.3, 0.4) is 0 Å². The maximum atomic E-state index is 12.2. The van der Waals surface area contributed by atoms with Crippen molar-refractivity contribution < 1.29 is 4.79 Å². The minimum Gasteiger partial charge on any atom is -0.398 e. The van der Waals surface area contributed by atoms with Gasteiger partial charge in [-0.3, -0.25) is 4.79 Å².